The van der Waals surface area contributed by atoms with Gasteiger partial charge in [-0.2, -0.15) is 0 Å². The number of nitrogens with one attached hydrogen (secondary N) is 1. The number of anilines is 1. The highest BCUT2D eigenvalue weighted by Gasteiger charge is 2.14. The molecule has 2 rings (SSSR count). The standard InChI is InChI=1S/C13H13ClN4O2/c1-2-7-15-13-6-5-11(16-17-13)9-3-4-10(14)12(8-9)18(19)20/h3-6,8H,2,7H2,1H3,(H,15,17). The number of nitrogens with zero attached hydrogens (tertiary/aromatic N) is 3. The number of nitro benzene ring substituents is 1. The molecule has 0 saturated heterocycles. The molecule has 0 amide bonds. The Balaban J connectivity index is 2.27. The van der Waals surface area contributed by atoms with E-state index in [1.165, 1.54) is 12.1 Å². The maximum Gasteiger partial charge on any atom is 0.288 e. The molecule has 1 heterocycles. The maximum absolute atomic E-state index is 10.9. The lowest BCUT2D eigenvalue weighted by Crippen LogP contribution is -2.02. The van der Waals surface area contributed by atoms with E-state index < -0.39 is 4.92 Å². The van der Waals surface area contributed by atoms with Crippen molar-refractivity contribution in [3.63, 3.8) is 0 Å². The Morgan fingerprint density at radius 3 is 2.70 bits per heavy atom. The molecule has 0 bridgehead atoms. The quantitative estimate of drug-likeness (QED) is 0.673. The van der Waals surface area contributed by atoms with Crippen LogP contribution in [-0.4, -0.2) is 21.7 Å². The number of hydrogen-bond donors (Lipinski definition) is 1. The van der Waals surface area contributed by atoms with Gasteiger partial charge in [-0.3, -0.25) is 10.1 Å². The maximum atomic E-state index is 10.9. The highest BCUT2D eigenvalue weighted by molar-refractivity contribution is 6.32. The molecular formula is C13H13ClN4O2. The smallest absolute Gasteiger partial charge is 0.288 e. The molecule has 0 fully saturated rings. The summed E-state index contributed by atoms with van der Waals surface area (Å²) in [5.41, 5.74) is 1.03. The molecule has 0 aliphatic rings. The third-order valence-electron chi connectivity index (χ3n) is 2.66. The normalized spacial score (nSPS) is 10.3. The van der Waals surface area contributed by atoms with E-state index in [1.807, 2.05) is 0 Å². The minimum absolute atomic E-state index is 0.105. The Labute approximate surface area is 120 Å². The van der Waals surface area contributed by atoms with Crippen LogP contribution in [0.25, 0.3) is 11.3 Å². The van der Waals surface area contributed by atoms with Crippen LogP contribution in [0.1, 0.15) is 13.3 Å². The topological polar surface area (TPSA) is 81.0 Å². The molecule has 6 nitrogen and oxygen atoms in total. The van der Waals surface area contributed by atoms with Gasteiger partial charge in [0.05, 0.1) is 10.6 Å². The largest absolute Gasteiger partial charge is 0.369 e. The van der Waals surface area contributed by atoms with Crippen LogP contribution in [0.2, 0.25) is 5.02 Å². The molecule has 1 aromatic heterocycles. The van der Waals surface area contributed by atoms with Crippen LogP contribution in [0.3, 0.4) is 0 Å². The Hall–Kier alpha value is -2.21. The van der Waals surface area contributed by atoms with E-state index in [9.17, 15) is 10.1 Å². The third kappa shape index (κ3) is 3.21. The van der Waals surface area contributed by atoms with E-state index in [-0.39, 0.29) is 10.7 Å². The number of hydrogen-bond acceptors (Lipinski definition) is 5. The minimum Gasteiger partial charge on any atom is -0.369 e. The molecule has 0 saturated carbocycles. The van der Waals surface area contributed by atoms with Crippen LogP contribution in [-0.2, 0) is 0 Å². The summed E-state index contributed by atoms with van der Waals surface area (Å²) < 4.78 is 0. The SMILES string of the molecule is CCCNc1ccc(-c2ccc(Cl)c([N+](=O)[O-])c2)nn1. The summed E-state index contributed by atoms with van der Waals surface area (Å²) in [5, 5.41) is 22.1. The molecule has 2 aromatic rings. The third-order valence-corrected chi connectivity index (χ3v) is 2.98. The van der Waals surface area contributed by atoms with Crippen LogP contribution in [0.15, 0.2) is 30.3 Å². The van der Waals surface area contributed by atoms with Gasteiger partial charge in [0.2, 0.25) is 0 Å². The Morgan fingerprint density at radius 1 is 1.30 bits per heavy atom. The number of nitro groups is 1. The van der Waals surface area contributed by atoms with Gasteiger partial charge in [-0.1, -0.05) is 24.6 Å². The Kier molecular flexibility index (Phi) is 4.47. The summed E-state index contributed by atoms with van der Waals surface area (Å²) in [6, 6.07) is 8.11. The van der Waals surface area contributed by atoms with Gasteiger partial charge in [0, 0.05) is 18.2 Å². The van der Waals surface area contributed by atoms with Crippen molar-refractivity contribution in [3.8, 4) is 11.3 Å². The number of aromatic nitrogens is 2. The van der Waals surface area contributed by atoms with E-state index in [2.05, 4.69) is 22.4 Å². The van der Waals surface area contributed by atoms with Crippen molar-refractivity contribution in [2.75, 3.05) is 11.9 Å². The second-order valence-electron chi connectivity index (χ2n) is 4.15. The first kappa shape index (κ1) is 14.2. The molecule has 7 heteroatoms. The molecule has 0 aliphatic heterocycles. The second-order valence-corrected chi connectivity index (χ2v) is 4.56. The highest BCUT2D eigenvalue weighted by atomic mass is 35.5. The molecule has 104 valence electrons. The zero-order valence-electron chi connectivity index (χ0n) is 10.8. The predicted octanol–water partition coefficient (Wildman–Crippen LogP) is 3.53. The van der Waals surface area contributed by atoms with Gasteiger partial charge >= 0.3 is 0 Å². The molecule has 0 atom stereocenters. The van der Waals surface area contributed by atoms with Gasteiger partial charge in [-0.25, -0.2) is 0 Å². The van der Waals surface area contributed by atoms with Crippen molar-refractivity contribution in [2.45, 2.75) is 13.3 Å². The van der Waals surface area contributed by atoms with Crippen LogP contribution >= 0.6 is 11.6 Å². The van der Waals surface area contributed by atoms with E-state index in [4.69, 9.17) is 11.6 Å². The summed E-state index contributed by atoms with van der Waals surface area (Å²) in [7, 11) is 0. The molecular weight excluding hydrogens is 280 g/mol. The predicted molar refractivity (Wildman–Crippen MR) is 77.9 cm³/mol. The van der Waals surface area contributed by atoms with Crippen LogP contribution < -0.4 is 5.32 Å². The summed E-state index contributed by atoms with van der Waals surface area (Å²) in [5.74, 6) is 0.680. The molecule has 0 unspecified atom stereocenters. The second kappa shape index (κ2) is 6.29. The molecule has 20 heavy (non-hydrogen) atoms. The lowest BCUT2D eigenvalue weighted by molar-refractivity contribution is -0.384. The average Bonchev–Trinajstić information content (AvgIpc) is 2.46. The lowest BCUT2D eigenvalue weighted by atomic mass is 10.1. The molecule has 0 spiro atoms. The minimum atomic E-state index is -0.517. The molecule has 1 aromatic carbocycles. The first-order valence-corrected chi connectivity index (χ1v) is 6.51. The number of benzene rings is 1. The first-order chi connectivity index (χ1) is 9.61. The number of halogens is 1. The summed E-state index contributed by atoms with van der Waals surface area (Å²) in [6.45, 7) is 2.88. The average molecular weight is 293 g/mol. The van der Waals surface area contributed by atoms with Gasteiger partial charge in [0.25, 0.3) is 5.69 Å². The van der Waals surface area contributed by atoms with E-state index >= 15 is 0 Å². The van der Waals surface area contributed by atoms with Crippen molar-refractivity contribution >= 4 is 23.1 Å². The fraction of sp³-hybridized carbons (Fsp3) is 0.231. The molecule has 0 radical (unpaired) electrons. The van der Waals surface area contributed by atoms with Crippen molar-refractivity contribution in [2.24, 2.45) is 0 Å². The fourth-order valence-electron chi connectivity index (χ4n) is 1.65. The van der Waals surface area contributed by atoms with Crippen molar-refractivity contribution in [1.29, 1.82) is 0 Å². The van der Waals surface area contributed by atoms with Gasteiger partial charge in [-0.05, 0) is 24.6 Å². The molecule has 1 N–H and O–H groups in total. The monoisotopic (exact) mass is 292 g/mol. The van der Waals surface area contributed by atoms with Crippen molar-refractivity contribution in [3.05, 3.63) is 45.5 Å². The molecule has 0 aliphatic carbocycles. The number of rotatable bonds is 5. The first-order valence-electron chi connectivity index (χ1n) is 6.13. The fourth-order valence-corrected chi connectivity index (χ4v) is 1.83. The summed E-state index contributed by atoms with van der Waals surface area (Å²) in [6.07, 6.45) is 0.993. The van der Waals surface area contributed by atoms with E-state index in [1.54, 1.807) is 18.2 Å². The van der Waals surface area contributed by atoms with Gasteiger partial charge in [-0.15, -0.1) is 10.2 Å². The summed E-state index contributed by atoms with van der Waals surface area (Å²) in [4.78, 5) is 10.3. The zero-order valence-corrected chi connectivity index (χ0v) is 11.6. The van der Waals surface area contributed by atoms with Gasteiger partial charge in [0.1, 0.15) is 10.8 Å². The van der Waals surface area contributed by atoms with Crippen molar-refractivity contribution in [1.82, 2.24) is 10.2 Å². The summed E-state index contributed by atoms with van der Waals surface area (Å²) >= 11 is 5.77. The van der Waals surface area contributed by atoms with Crippen LogP contribution in [0.5, 0.6) is 0 Å². The Bertz CT molecular complexity index is 616. The van der Waals surface area contributed by atoms with Crippen LogP contribution in [0, 0.1) is 10.1 Å². The highest BCUT2D eigenvalue weighted by Crippen LogP contribution is 2.29. The van der Waals surface area contributed by atoms with E-state index in [0.29, 0.717) is 17.1 Å². The zero-order chi connectivity index (χ0) is 14.5. The van der Waals surface area contributed by atoms with Crippen molar-refractivity contribution < 1.29 is 4.92 Å². The van der Waals surface area contributed by atoms with Crippen LogP contribution in [0.4, 0.5) is 11.5 Å². The van der Waals surface area contributed by atoms with E-state index in [0.717, 1.165) is 13.0 Å². The lowest BCUT2D eigenvalue weighted by Gasteiger charge is -2.04. The van der Waals surface area contributed by atoms with Gasteiger partial charge in [0.15, 0.2) is 0 Å². The Morgan fingerprint density at radius 2 is 2.10 bits per heavy atom. The van der Waals surface area contributed by atoms with Gasteiger partial charge < -0.3 is 5.32 Å².